The van der Waals surface area contributed by atoms with Crippen molar-refractivity contribution in [2.24, 2.45) is 0 Å². The molecule has 0 aliphatic heterocycles. The molecule has 0 saturated heterocycles. The van der Waals surface area contributed by atoms with Crippen LogP contribution in [-0.2, 0) is 0 Å². The highest BCUT2D eigenvalue weighted by Gasteiger charge is 2.09. The predicted molar refractivity (Wildman–Crippen MR) is 77.9 cm³/mol. The van der Waals surface area contributed by atoms with Crippen LogP contribution in [0.25, 0.3) is 5.78 Å². The minimum absolute atomic E-state index is 0.295. The van der Waals surface area contributed by atoms with Crippen LogP contribution in [0.15, 0.2) is 35.1 Å². The van der Waals surface area contributed by atoms with E-state index in [4.69, 9.17) is 16.9 Å². The van der Waals surface area contributed by atoms with Crippen molar-refractivity contribution in [3.05, 3.63) is 45.8 Å². The zero-order valence-corrected chi connectivity index (χ0v) is 12.2. The average Bonchev–Trinajstić information content (AvgIpc) is 2.88. The molecule has 3 rings (SSSR count). The number of benzene rings is 1. The second-order valence-corrected chi connectivity index (χ2v) is 5.17. The van der Waals surface area contributed by atoms with E-state index in [-0.39, 0.29) is 0 Å². The number of nitrogens with one attached hydrogen (secondary N) is 1. The summed E-state index contributed by atoms with van der Waals surface area (Å²) in [6, 6.07) is 9.10. The molecule has 6 nitrogen and oxygen atoms in total. The molecule has 0 unspecified atom stereocenters. The average molecular weight is 350 g/mol. The van der Waals surface area contributed by atoms with Gasteiger partial charge in [-0.2, -0.15) is 24.8 Å². The van der Waals surface area contributed by atoms with Gasteiger partial charge in [-0.15, -0.1) is 0 Å². The van der Waals surface area contributed by atoms with Gasteiger partial charge in [0.25, 0.3) is 5.78 Å². The normalized spacial score (nSPS) is 10.4. The van der Waals surface area contributed by atoms with Crippen molar-refractivity contribution >= 4 is 44.8 Å². The standard InChI is InChI=1S/C12H6BrClN6/c13-8-1-2-9(7(3-8)5-15)18-11-4-10(14)19-12-16-6-17-20(11)12/h1-4,6,18H. The monoisotopic (exact) mass is 348 g/mol. The number of hydrogen-bond donors (Lipinski definition) is 1. The molecule has 2 aromatic heterocycles. The highest BCUT2D eigenvalue weighted by Crippen LogP contribution is 2.25. The molecule has 0 aliphatic carbocycles. The number of fused-ring (bicyclic) bond motifs is 1. The smallest absolute Gasteiger partial charge is 0.255 e. The van der Waals surface area contributed by atoms with E-state index < -0.39 is 0 Å². The molecule has 0 saturated carbocycles. The molecule has 20 heavy (non-hydrogen) atoms. The van der Waals surface area contributed by atoms with E-state index in [0.717, 1.165) is 4.47 Å². The second kappa shape index (κ2) is 5.07. The van der Waals surface area contributed by atoms with Gasteiger partial charge in [0.1, 0.15) is 23.4 Å². The van der Waals surface area contributed by atoms with E-state index in [9.17, 15) is 0 Å². The maximum atomic E-state index is 9.16. The van der Waals surface area contributed by atoms with Gasteiger partial charge >= 0.3 is 0 Å². The first kappa shape index (κ1) is 12.8. The topological polar surface area (TPSA) is 78.9 Å². The fourth-order valence-electron chi connectivity index (χ4n) is 1.73. The van der Waals surface area contributed by atoms with Crippen molar-refractivity contribution in [2.75, 3.05) is 5.32 Å². The molecule has 98 valence electrons. The largest absolute Gasteiger partial charge is 0.339 e. The Kier molecular flexibility index (Phi) is 3.26. The van der Waals surface area contributed by atoms with Crippen LogP contribution in [0.5, 0.6) is 0 Å². The van der Waals surface area contributed by atoms with Gasteiger partial charge in [-0.1, -0.05) is 27.5 Å². The van der Waals surface area contributed by atoms with E-state index in [0.29, 0.717) is 28.0 Å². The number of nitrogens with zero attached hydrogens (tertiary/aromatic N) is 5. The molecule has 0 atom stereocenters. The van der Waals surface area contributed by atoms with Gasteiger partial charge in [-0.05, 0) is 18.2 Å². The molecule has 1 N–H and O–H groups in total. The molecule has 1 aromatic carbocycles. The molecular weight excluding hydrogens is 344 g/mol. The summed E-state index contributed by atoms with van der Waals surface area (Å²) >= 11 is 9.27. The lowest BCUT2D eigenvalue weighted by Gasteiger charge is -2.09. The van der Waals surface area contributed by atoms with Gasteiger partial charge in [-0.3, -0.25) is 0 Å². The molecule has 0 aliphatic rings. The van der Waals surface area contributed by atoms with Crippen molar-refractivity contribution in [3.8, 4) is 6.07 Å². The van der Waals surface area contributed by atoms with E-state index in [1.807, 2.05) is 6.07 Å². The van der Waals surface area contributed by atoms with Crippen LogP contribution >= 0.6 is 27.5 Å². The number of halogens is 2. The Hall–Kier alpha value is -2.17. The van der Waals surface area contributed by atoms with Crippen molar-refractivity contribution in [3.63, 3.8) is 0 Å². The van der Waals surface area contributed by atoms with Gasteiger partial charge in [0, 0.05) is 10.5 Å². The quantitative estimate of drug-likeness (QED) is 0.719. The van der Waals surface area contributed by atoms with Crippen molar-refractivity contribution < 1.29 is 0 Å². The first-order valence-electron chi connectivity index (χ1n) is 5.50. The Morgan fingerprint density at radius 2 is 2.20 bits per heavy atom. The molecular formula is C12H6BrClN6. The number of hydrogen-bond acceptors (Lipinski definition) is 5. The zero-order chi connectivity index (χ0) is 14.1. The minimum Gasteiger partial charge on any atom is -0.339 e. The number of rotatable bonds is 2. The maximum absolute atomic E-state index is 9.16. The van der Waals surface area contributed by atoms with Gasteiger partial charge < -0.3 is 5.32 Å². The zero-order valence-electron chi connectivity index (χ0n) is 9.88. The van der Waals surface area contributed by atoms with E-state index >= 15 is 0 Å². The fraction of sp³-hybridized carbons (Fsp3) is 0. The predicted octanol–water partition coefficient (Wildman–Crippen LogP) is 3.16. The summed E-state index contributed by atoms with van der Waals surface area (Å²) < 4.78 is 2.34. The minimum atomic E-state index is 0.295. The third-order valence-corrected chi connectivity index (χ3v) is 3.27. The number of anilines is 2. The molecule has 3 aromatic rings. The van der Waals surface area contributed by atoms with Gasteiger partial charge in [-0.25, -0.2) is 0 Å². The summed E-state index contributed by atoms with van der Waals surface area (Å²) in [6.45, 7) is 0. The lowest BCUT2D eigenvalue weighted by molar-refractivity contribution is 0.947. The Morgan fingerprint density at radius 3 is 3.00 bits per heavy atom. The molecule has 0 amide bonds. The molecule has 0 fully saturated rings. The molecule has 0 spiro atoms. The van der Waals surface area contributed by atoms with Crippen molar-refractivity contribution in [2.45, 2.75) is 0 Å². The third kappa shape index (κ3) is 2.31. The third-order valence-electron chi connectivity index (χ3n) is 2.59. The lowest BCUT2D eigenvalue weighted by atomic mass is 10.2. The summed E-state index contributed by atoms with van der Waals surface area (Å²) in [6.07, 6.45) is 1.39. The van der Waals surface area contributed by atoms with Crippen LogP contribution in [0, 0.1) is 11.3 Å². The highest BCUT2D eigenvalue weighted by atomic mass is 79.9. The van der Waals surface area contributed by atoms with Crippen molar-refractivity contribution in [1.29, 1.82) is 5.26 Å². The van der Waals surface area contributed by atoms with Gasteiger partial charge in [0.2, 0.25) is 0 Å². The van der Waals surface area contributed by atoms with Crippen LogP contribution in [0.3, 0.4) is 0 Å². The van der Waals surface area contributed by atoms with E-state index in [1.54, 1.807) is 18.2 Å². The van der Waals surface area contributed by atoms with E-state index in [2.05, 4.69) is 42.4 Å². The Bertz CT molecular complexity index is 838. The molecule has 0 radical (unpaired) electrons. The lowest BCUT2D eigenvalue weighted by Crippen LogP contribution is -2.02. The summed E-state index contributed by atoms with van der Waals surface area (Å²) in [5.74, 6) is 0.965. The SMILES string of the molecule is N#Cc1cc(Br)ccc1Nc1cc(Cl)nc2ncnn12. The van der Waals surface area contributed by atoms with E-state index in [1.165, 1.54) is 10.8 Å². The molecule has 0 bridgehead atoms. The van der Waals surface area contributed by atoms with Crippen molar-refractivity contribution in [1.82, 2.24) is 19.6 Å². The highest BCUT2D eigenvalue weighted by molar-refractivity contribution is 9.10. The fourth-order valence-corrected chi connectivity index (χ4v) is 2.27. The maximum Gasteiger partial charge on any atom is 0.255 e. The second-order valence-electron chi connectivity index (χ2n) is 3.86. The Balaban J connectivity index is 2.10. The first-order chi connectivity index (χ1) is 9.67. The number of nitriles is 1. The Morgan fingerprint density at radius 1 is 1.35 bits per heavy atom. The summed E-state index contributed by atoms with van der Waals surface area (Å²) in [5.41, 5.74) is 1.15. The summed E-state index contributed by atoms with van der Waals surface area (Å²) in [4.78, 5) is 8.02. The molecule has 2 heterocycles. The Labute approximate surface area is 127 Å². The summed E-state index contributed by atoms with van der Waals surface area (Å²) in [5, 5.41) is 16.6. The van der Waals surface area contributed by atoms with Crippen LogP contribution in [0.2, 0.25) is 5.15 Å². The van der Waals surface area contributed by atoms with Crippen LogP contribution in [0.1, 0.15) is 5.56 Å². The van der Waals surface area contributed by atoms with Crippen LogP contribution in [0.4, 0.5) is 11.5 Å². The van der Waals surface area contributed by atoms with Crippen LogP contribution < -0.4 is 5.32 Å². The van der Waals surface area contributed by atoms with Crippen LogP contribution in [-0.4, -0.2) is 19.6 Å². The first-order valence-corrected chi connectivity index (χ1v) is 6.67. The summed E-state index contributed by atoms with van der Waals surface area (Å²) in [7, 11) is 0. The number of aromatic nitrogens is 4. The van der Waals surface area contributed by atoms with Gasteiger partial charge in [0.05, 0.1) is 11.3 Å². The van der Waals surface area contributed by atoms with Gasteiger partial charge in [0.15, 0.2) is 0 Å². The molecule has 8 heteroatoms.